The van der Waals surface area contributed by atoms with Gasteiger partial charge in [-0.15, -0.1) is 0 Å². The molecule has 3 heteroatoms. The molecule has 0 aliphatic carbocycles. The Kier molecular flexibility index (Phi) is 3.82. The number of amides is 1. The van der Waals surface area contributed by atoms with Crippen LogP contribution in [-0.2, 0) is 4.79 Å². The zero-order chi connectivity index (χ0) is 13.0. The summed E-state index contributed by atoms with van der Waals surface area (Å²) >= 11 is 0. The molecular weight excluding hydrogens is 224 g/mol. The van der Waals surface area contributed by atoms with E-state index in [-0.39, 0.29) is 11.9 Å². The van der Waals surface area contributed by atoms with Gasteiger partial charge >= 0.3 is 0 Å². The summed E-state index contributed by atoms with van der Waals surface area (Å²) in [7, 11) is 0. The summed E-state index contributed by atoms with van der Waals surface area (Å²) in [5.41, 5.74) is 0.993. The van der Waals surface area contributed by atoms with Crippen molar-refractivity contribution in [3.8, 4) is 0 Å². The van der Waals surface area contributed by atoms with Crippen LogP contribution in [0.15, 0.2) is 42.5 Å². The first kappa shape index (κ1) is 12.4. The molecule has 0 heterocycles. The van der Waals surface area contributed by atoms with Crippen LogP contribution in [-0.4, -0.2) is 18.5 Å². The molecule has 0 atom stereocenters. The first-order chi connectivity index (χ1) is 8.66. The Labute approximate surface area is 107 Å². The number of rotatable bonds is 4. The first-order valence-corrected chi connectivity index (χ1v) is 6.18. The number of fused-ring (bicyclic) bond motifs is 1. The van der Waals surface area contributed by atoms with Crippen molar-refractivity contribution in [2.75, 3.05) is 11.9 Å². The fourth-order valence-electron chi connectivity index (χ4n) is 1.93. The van der Waals surface area contributed by atoms with Crippen LogP contribution in [0.3, 0.4) is 0 Å². The Balaban J connectivity index is 2.10. The third-order valence-electron chi connectivity index (χ3n) is 2.68. The molecule has 2 aromatic carbocycles. The molecule has 0 saturated carbocycles. The van der Waals surface area contributed by atoms with Crippen molar-refractivity contribution in [1.82, 2.24) is 5.32 Å². The van der Waals surface area contributed by atoms with Gasteiger partial charge in [0.25, 0.3) is 0 Å². The van der Waals surface area contributed by atoms with Crippen LogP contribution in [0.5, 0.6) is 0 Å². The van der Waals surface area contributed by atoms with Crippen molar-refractivity contribution in [1.29, 1.82) is 0 Å². The van der Waals surface area contributed by atoms with Crippen molar-refractivity contribution < 1.29 is 4.79 Å². The second-order valence-electron chi connectivity index (χ2n) is 4.60. The van der Waals surface area contributed by atoms with Crippen molar-refractivity contribution >= 4 is 22.4 Å². The molecule has 18 heavy (non-hydrogen) atoms. The van der Waals surface area contributed by atoms with Gasteiger partial charge in [-0.3, -0.25) is 4.79 Å². The Morgan fingerprint density at radius 3 is 2.61 bits per heavy atom. The molecule has 0 unspecified atom stereocenters. The van der Waals surface area contributed by atoms with E-state index in [9.17, 15) is 4.79 Å². The standard InChI is InChI=1S/C15H18N2O/c1-11(2)17-15(18)10-16-14-9-5-7-12-6-3-4-8-13(12)14/h3-9,11,16H,10H2,1-2H3,(H,17,18). The largest absolute Gasteiger partial charge is 0.376 e. The summed E-state index contributed by atoms with van der Waals surface area (Å²) in [5.74, 6) is 0.0120. The second-order valence-corrected chi connectivity index (χ2v) is 4.60. The SMILES string of the molecule is CC(C)NC(=O)CNc1cccc2ccccc12. The molecule has 0 bridgehead atoms. The van der Waals surface area contributed by atoms with E-state index in [1.54, 1.807) is 0 Å². The second kappa shape index (κ2) is 5.54. The van der Waals surface area contributed by atoms with E-state index in [0.717, 1.165) is 11.1 Å². The quantitative estimate of drug-likeness (QED) is 0.865. The number of carbonyl (C=O) groups excluding carboxylic acids is 1. The van der Waals surface area contributed by atoms with E-state index in [1.165, 1.54) is 5.39 Å². The zero-order valence-corrected chi connectivity index (χ0v) is 10.7. The third kappa shape index (κ3) is 3.00. The number of benzene rings is 2. The predicted octanol–water partition coefficient (Wildman–Crippen LogP) is 2.78. The summed E-state index contributed by atoms with van der Waals surface area (Å²) in [6.45, 7) is 4.21. The molecule has 0 fully saturated rings. The third-order valence-corrected chi connectivity index (χ3v) is 2.68. The normalized spacial score (nSPS) is 10.6. The van der Waals surface area contributed by atoms with E-state index >= 15 is 0 Å². The highest BCUT2D eigenvalue weighted by Gasteiger charge is 2.04. The zero-order valence-electron chi connectivity index (χ0n) is 10.7. The molecule has 2 rings (SSSR count). The first-order valence-electron chi connectivity index (χ1n) is 6.18. The van der Waals surface area contributed by atoms with Gasteiger partial charge in [0, 0.05) is 17.1 Å². The van der Waals surface area contributed by atoms with Gasteiger partial charge in [0.05, 0.1) is 6.54 Å². The molecule has 0 radical (unpaired) electrons. The molecular formula is C15H18N2O. The summed E-state index contributed by atoms with van der Waals surface area (Å²) < 4.78 is 0. The molecule has 2 N–H and O–H groups in total. The molecule has 0 spiro atoms. The maximum Gasteiger partial charge on any atom is 0.239 e. The van der Waals surface area contributed by atoms with Gasteiger partial charge in [0.15, 0.2) is 0 Å². The maximum atomic E-state index is 11.6. The van der Waals surface area contributed by atoms with Gasteiger partial charge in [0.1, 0.15) is 0 Å². The highest BCUT2D eigenvalue weighted by molar-refractivity contribution is 5.95. The minimum absolute atomic E-state index is 0.0120. The lowest BCUT2D eigenvalue weighted by Crippen LogP contribution is -2.34. The van der Waals surface area contributed by atoms with Crippen molar-refractivity contribution in [2.45, 2.75) is 19.9 Å². The van der Waals surface area contributed by atoms with E-state index < -0.39 is 0 Å². The fraction of sp³-hybridized carbons (Fsp3) is 0.267. The Morgan fingerprint density at radius 2 is 1.83 bits per heavy atom. The van der Waals surface area contributed by atoms with E-state index in [0.29, 0.717) is 6.54 Å². The van der Waals surface area contributed by atoms with Crippen molar-refractivity contribution in [3.63, 3.8) is 0 Å². The lowest BCUT2D eigenvalue weighted by atomic mass is 10.1. The summed E-state index contributed by atoms with van der Waals surface area (Å²) in [4.78, 5) is 11.6. The molecule has 0 aliphatic heterocycles. The predicted molar refractivity (Wildman–Crippen MR) is 75.7 cm³/mol. The minimum atomic E-state index is 0.0120. The maximum absolute atomic E-state index is 11.6. The molecule has 3 nitrogen and oxygen atoms in total. The summed E-state index contributed by atoms with van der Waals surface area (Å²) in [5, 5.41) is 8.35. The Hall–Kier alpha value is -2.03. The lowest BCUT2D eigenvalue weighted by molar-refractivity contribution is -0.119. The number of hydrogen-bond acceptors (Lipinski definition) is 2. The van der Waals surface area contributed by atoms with Crippen LogP contribution in [0, 0.1) is 0 Å². The number of hydrogen-bond donors (Lipinski definition) is 2. The van der Waals surface area contributed by atoms with Crippen molar-refractivity contribution in [3.05, 3.63) is 42.5 Å². The minimum Gasteiger partial charge on any atom is -0.376 e. The van der Waals surface area contributed by atoms with Crippen LogP contribution in [0.2, 0.25) is 0 Å². The van der Waals surface area contributed by atoms with Crippen LogP contribution < -0.4 is 10.6 Å². The molecule has 0 saturated heterocycles. The van der Waals surface area contributed by atoms with Crippen LogP contribution in [0.25, 0.3) is 10.8 Å². The van der Waals surface area contributed by atoms with Crippen LogP contribution >= 0.6 is 0 Å². The summed E-state index contributed by atoms with van der Waals surface area (Å²) in [6, 6.07) is 14.4. The number of nitrogens with one attached hydrogen (secondary N) is 2. The van der Waals surface area contributed by atoms with E-state index in [1.807, 2.05) is 38.1 Å². The topological polar surface area (TPSA) is 41.1 Å². The van der Waals surface area contributed by atoms with Gasteiger partial charge in [-0.25, -0.2) is 0 Å². The smallest absolute Gasteiger partial charge is 0.239 e. The lowest BCUT2D eigenvalue weighted by Gasteiger charge is -2.11. The molecule has 2 aromatic rings. The van der Waals surface area contributed by atoms with Gasteiger partial charge in [-0.2, -0.15) is 0 Å². The van der Waals surface area contributed by atoms with Gasteiger partial charge < -0.3 is 10.6 Å². The van der Waals surface area contributed by atoms with Crippen molar-refractivity contribution in [2.24, 2.45) is 0 Å². The molecule has 94 valence electrons. The molecule has 0 aliphatic rings. The molecule has 0 aromatic heterocycles. The average molecular weight is 242 g/mol. The van der Waals surface area contributed by atoms with E-state index in [2.05, 4.69) is 28.8 Å². The van der Waals surface area contributed by atoms with Gasteiger partial charge in [0.2, 0.25) is 5.91 Å². The fourth-order valence-corrected chi connectivity index (χ4v) is 1.93. The number of carbonyl (C=O) groups is 1. The van der Waals surface area contributed by atoms with Crippen LogP contribution in [0.1, 0.15) is 13.8 Å². The molecule has 1 amide bonds. The number of anilines is 1. The Morgan fingerprint density at radius 1 is 1.11 bits per heavy atom. The van der Waals surface area contributed by atoms with E-state index in [4.69, 9.17) is 0 Å². The Bertz CT molecular complexity index is 544. The highest BCUT2D eigenvalue weighted by Crippen LogP contribution is 2.22. The van der Waals surface area contributed by atoms with Gasteiger partial charge in [-0.1, -0.05) is 36.4 Å². The van der Waals surface area contributed by atoms with Gasteiger partial charge in [-0.05, 0) is 25.3 Å². The average Bonchev–Trinajstić information content (AvgIpc) is 2.35. The summed E-state index contributed by atoms with van der Waals surface area (Å²) in [6.07, 6.45) is 0. The monoisotopic (exact) mass is 242 g/mol. The highest BCUT2D eigenvalue weighted by atomic mass is 16.1. The van der Waals surface area contributed by atoms with Crippen LogP contribution in [0.4, 0.5) is 5.69 Å².